The van der Waals surface area contributed by atoms with E-state index in [2.05, 4.69) is 14.3 Å². The Hall–Kier alpha value is -0.770. The summed E-state index contributed by atoms with van der Waals surface area (Å²) in [6.45, 7) is 6.95. The van der Waals surface area contributed by atoms with E-state index in [0.717, 1.165) is 58.4 Å². The minimum absolute atomic E-state index is 0.345. The molecule has 3 fully saturated rings. The molecule has 5 nitrogen and oxygen atoms in total. The van der Waals surface area contributed by atoms with Crippen molar-refractivity contribution in [1.82, 2.24) is 19.0 Å². The molecule has 134 valence electrons. The van der Waals surface area contributed by atoms with Gasteiger partial charge in [0, 0.05) is 57.9 Å². The van der Waals surface area contributed by atoms with Crippen molar-refractivity contribution in [2.24, 2.45) is 18.4 Å². The summed E-state index contributed by atoms with van der Waals surface area (Å²) < 4.78 is 47.0. The number of halogens is 3. The van der Waals surface area contributed by atoms with Gasteiger partial charge in [-0.1, -0.05) is 0 Å². The largest absolute Gasteiger partial charge is 0.435 e. The maximum absolute atomic E-state index is 12.7. The van der Waals surface area contributed by atoms with E-state index in [1.165, 1.54) is 16.6 Å². The molecule has 4 rings (SSSR count). The van der Waals surface area contributed by atoms with Crippen molar-refractivity contribution in [2.75, 3.05) is 45.9 Å². The van der Waals surface area contributed by atoms with Crippen LogP contribution in [0.5, 0.6) is 0 Å². The van der Waals surface area contributed by atoms with Gasteiger partial charge in [-0.3, -0.25) is 4.68 Å². The van der Waals surface area contributed by atoms with Crippen molar-refractivity contribution < 1.29 is 17.9 Å². The van der Waals surface area contributed by atoms with E-state index in [0.29, 0.717) is 16.4 Å². The molecule has 4 heterocycles. The Labute approximate surface area is 143 Å². The first-order valence-corrected chi connectivity index (χ1v) is 8.95. The molecule has 3 aliphatic heterocycles. The fourth-order valence-electron chi connectivity index (χ4n) is 3.90. The highest BCUT2D eigenvalue weighted by molar-refractivity contribution is 7.97. The molecule has 24 heavy (non-hydrogen) atoms. The monoisotopic (exact) mass is 362 g/mol. The molecule has 9 heteroatoms. The van der Waals surface area contributed by atoms with Crippen LogP contribution in [-0.4, -0.2) is 64.9 Å². The van der Waals surface area contributed by atoms with Crippen molar-refractivity contribution in [3.63, 3.8) is 0 Å². The van der Waals surface area contributed by atoms with Crippen LogP contribution in [-0.2, 0) is 18.0 Å². The Bertz CT molecular complexity index is 600. The summed E-state index contributed by atoms with van der Waals surface area (Å²) in [5.41, 5.74) is -0.478. The van der Waals surface area contributed by atoms with E-state index in [4.69, 9.17) is 4.74 Å². The smallest absolute Gasteiger partial charge is 0.381 e. The molecular formula is C15H21F3N4OS. The van der Waals surface area contributed by atoms with Crippen LogP contribution < -0.4 is 0 Å². The second-order valence-corrected chi connectivity index (χ2v) is 8.39. The summed E-state index contributed by atoms with van der Waals surface area (Å²) in [6.07, 6.45) is -3.22. The molecule has 0 amide bonds. The molecule has 3 saturated heterocycles. The van der Waals surface area contributed by atoms with Crippen molar-refractivity contribution in [3.05, 3.63) is 11.8 Å². The maximum atomic E-state index is 12.7. The quantitative estimate of drug-likeness (QED) is 0.767. The van der Waals surface area contributed by atoms with Gasteiger partial charge >= 0.3 is 6.18 Å². The average molecular weight is 362 g/mol. The summed E-state index contributed by atoms with van der Waals surface area (Å²) in [4.78, 5) is 2.48. The summed E-state index contributed by atoms with van der Waals surface area (Å²) in [5, 5.41) is 4.10. The van der Waals surface area contributed by atoms with Crippen molar-refractivity contribution in [3.8, 4) is 0 Å². The van der Waals surface area contributed by atoms with E-state index < -0.39 is 11.9 Å². The lowest BCUT2D eigenvalue weighted by molar-refractivity contribution is -0.141. The lowest BCUT2D eigenvalue weighted by atomic mass is 9.74. The number of hydrogen-bond acceptors (Lipinski definition) is 5. The van der Waals surface area contributed by atoms with Gasteiger partial charge in [-0.2, -0.15) is 18.3 Å². The van der Waals surface area contributed by atoms with Crippen LogP contribution in [0.2, 0.25) is 0 Å². The van der Waals surface area contributed by atoms with Crippen LogP contribution in [0.1, 0.15) is 12.1 Å². The Balaban J connectivity index is 1.25. The zero-order valence-electron chi connectivity index (χ0n) is 13.6. The van der Waals surface area contributed by atoms with Crippen LogP contribution in [0.4, 0.5) is 13.2 Å². The minimum Gasteiger partial charge on any atom is -0.381 e. The third-order valence-corrected chi connectivity index (χ3v) is 6.12. The predicted molar refractivity (Wildman–Crippen MR) is 83.4 cm³/mol. The normalized spacial score (nSPS) is 27.4. The highest BCUT2D eigenvalue weighted by atomic mass is 32.2. The number of aromatic nitrogens is 2. The van der Waals surface area contributed by atoms with E-state index in [9.17, 15) is 13.2 Å². The summed E-state index contributed by atoms with van der Waals surface area (Å²) in [6, 6.07) is 1.13. The van der Waals surface area contributed by atoms with Crippen molar-refractivity contribution in [1.29, 1.82) is 0 Å². The summed E-state index contributed by atoms with van der Waals surface area (Å²) >= 11 is 1.37. The van der Waals surface area contributed by atoms with Crippen LogP contribution in [0.15, 0.2) is 11.1 Å². The summed E-state index contributed by atoms with van der Waals surface area (Å²) in [7, 11) is 1.56. The number of likely N-dealkylation sites (tertiary alicyclic amines) is 1. The zero-order valence-corrected chi connectivity index (χ0v) is 14.4. The van der Waals surface area contributed by atoms with Gasteiger partial charge < -0.3 is 9.64 Å². The molecule has 0 radical (unpaired) electrons. The van der Waals surface area contributed by atoms with E-state index in [1.807, 2.05) is 0 Å². The first kappa shape index (κ1) is 16.7. The Kier molecular flexibility index (Phi) is 4.10. The van der Waals surface area contributed by atoms with Crippen molar-refractivity contribution >= 4 is 11.9 Å². The Morgan fingerprint density at radius 2 is 2.08 bits per heavy atom. The molecule has 0 aromatic carbocycles. The van der Waals surface area contributed by atoms with Gasteiger partial charge in [0.1, 0.15) is 5.03 Å². The minimum atomic E-state index is -4.38. The number of hydrogen-bond donors (Lipinski definition) is 0. The van der Waals surface area contributed by atoms with Gasteiger partial charge in [0.15, 0.2) is 5.69 Å². The van der Waals surface area contributed by atoms with Crippen LogP contribution in [0, 0.1) is 11.3 Å². The lowest BCUT2D eigenvalue weighted by Crippen LogP contribution is -2.70. The molecule has 0 aliphatic carbocycles. The second-order valence-electron chi connectivity index (χ2n) is 7.28. The average Bonchev–Trinajstić information content (AvgIpc) is 3.03. The van der Waals surface area contributed by atoms with Crippen molar-refractivity contribution in [2.45, 2.75) is 17.6 Å². The topological polar surface area (TPSA) is 33.5 Å². The molecule has 1 aromatic rings. The SMILES string of the molecule is Cn1nc(C(F)(F)F)cc1SN1CC2(CN(CC3CCOC3)C2)C1. The van der Waals surface area contributed by atoms with E-state index >= 15 is 0 Å². The van der Waals surface area contributed by atoms with Crippen LogP contribution in [0.3, 0.4) is 0 Å². The van der Waals surface area contributed by atoms with Gasteiger partial charge in [0.05, 0.1) is 6.61 Å². The molecule has 3 aliphatic rings. The van der Waals surface area contributed by atoms with Gasteiger partial charge in [-0.15, -0.1) is 0 Å². The third kappa shape index (κ3) is 3.18. The lowest BCUT2D eigenvalue weighted by Gasteiger charge is -2.60. The number of alkyl halides is 3. The molecule has 1 aromatic heterocycles. The van der Waals surface area contributed by atoms with E-state index in [1.54, 1.807) is 7.05 Å². The molecular weight excluding hydrogens is 341 g/mol. The van der Waals surface area contributed by atoms with Gasteiger partial charge in [-0.05, 0) is 24.3 Å². The molecule has 1 spiro atoms. The predicted octanol–water partition coefficient (Wildman–Crippen LogP) is 2.10. The molecule has 0 N–H and O–H groups in total. The molecule has 1 unspecified atom stereocenters. The fraction of sp³-hybridized carbons (Fsp3) is 0.800. The number of aryl methyl sites for hydroxylation is 1. The standard InChI is InChI=1S/C15H21F3N4OS/c1-20-13(4-12(19-20)15(16,17)18)24-22-9-14(10-22)7-21(8-14)5-11-2-3-23-6-11/h4,11H,2-3,5-10H2,1H3. The van der Waals surface area contributed by atoms with Crippen LogP contribution in [0.25, 0.3) is 0 Å². The maximum Gasteiger partial charge on any atom is 0.435 e. The fourth-order valence-corrected chi connectivity index (χ4v) is 5.16. The van der Waals surface area contributed by atoms with Gasteiger partial charge in [0.25, 0.3) is 0 Å². The first-order valence-electron chi connectivity index (χ1n) is 8.17. The number of rotatable bonds is 4. The number of ether oxygens (including phenoxy) is 1. The Morgan fingerprint density at radius 3 is 2.67 bits per heavy atom. The Morgan fingerprint density at radius 1 is 1.33 bits per heavy atom. The van der Waals surface area contributed by atoms with Crippen LogP contribution >= 0.6 is 11.9 Å². The molecule has 0 bridgehead atoms. The highest BCUT2D eigenvalue weighted by Crippen LogP contribution is 2.45. The summed E-state index contributed by atoms with van der Waals surface area (Å²) in [5.74, 6) is 0.670. The highest BCUT2D eigenvalue weighted by Gasteiger charge is 2.52. The van der Waals surface area contributed by atoms with E-state index in [-0.39, 0.29) is 0 Å². The molecule has 1 atom stereocenters. The first-order chi connectivity index (χ1) is 11.3. The number of nitrogens with zero attached hydrogens (tertiary/aromatic N) is 4. The second kappa shape index (κ2) is 5.89. The zero-order chi connectivity index (χ0) is 16.9. The third-order valence-electron chi connectivity index (χ3n) is 5.03. The molecule has 0 saturated carbocycles. The van der Waals surface area contributed by atoms with Gasteiger partial charge in [0.2, 0.25) is 0 Å². The van der Waals surface area contributed by atoms with Gasteiger partial charge in [-0.25, -0.2) is 4.31 Å².